The number of nitrogens with two attached hydrogens (primary N) is 2. The summed E-state index contributed by atoms with van der Waals surface area (Å²) in [4.78, 5) is 6.60. The van der Waals surface area contributed by atoms with Gasteiger partial charge in [-0.05, 0) is 31.4 Å². The van der Waals surface area contributed by atoms with E-state index in [1.165, 1.54) is 11.1 Å². The Kier molecular flexibility index (Phi) is 5.61. The standard InChI is InChI=1S/C14H22N4.HI/c1-14(2,10-17-13(15)16)18-8-7-11-5-3-4-6-12(11)9-18;/h3-6H,7-10H2,1-2H3,(H4,15,16,17);1H. The van der Waals surface area contributed by atoms with Gasteiger partial charge in [0.2, 0.25) is 0 Å². The minimum Gasteiger partial charge on any atom is -0.370 e. The van der Waals surface area contributed by atoms with Gasteiger partial charge in [0.15, 0.2) is 5.96 Å². The first-order valence-electron chi connectivity index (χ1n) is 6.36. The molecule has 0 bridgehead atoms. The van der Waals surface area contributed by atoms with Crippen molar-refractivity contribution in [3.63, 3.8) is 0 Å². The van der Waals surface area contributed by atoms with Crippen molar-refractivity contribution in [1.82, 2.24) is 4.90 Å². The van der Waals surface area contributed by atoms with Crippen molar-refractivity contribution >= 4 is 29.9 Å². The molecular formula is C14H23IN4. The second kappa shape index (κ2) is 6.56. The molecule has 4 nitrogen and oxygen atoms in total. The number of guanidine groups is 1. The molecule has 5 heteroatoms. The molecule has 0 saturated heterocycles. The lowest BCUT2D eigenvalue weighted by molar-refractivity contribution is 0.112. The highest BCUT2D eigenvalue weighted by molar-refractivity contribution is 14.0. The van der Waals surface area contributed by atoms with Gasteiger partial charge in [-0.1, -0.05) is 24.3 Å². The van der Waals surface area contributed by atoms with Crippen LogP contribution in [0.25, 0.3) is 0 Å². The van der Waals surface area contributed by atoms with E-state index >= 15 is 0 Å². The predicted octanol–water partition coefficient (Wildman–Crippen LogP) is 1.71. The van der Waals surface area contributed by atoms with Crippen molar-refractivity contribution in [2.45, 2.75) is 32.4 Å². The molecule has 1 aliphatic rings. The van der Waals surface area contributed by atoms with Gasteiger partial charge in [-0.25, -0.2) is 0 Å². The van der Waals surface area contributed by atoms with Crippen molar-refractivity contribution in [3.05, 3.63) is 35.4 Å². The minimum atomic E-state index is -0.0163. The summed E-state index contributed by atoms with van der Waals surface area (Å²) in [6, 6.07) is 8.64. The maximum absolute atomic E-state index is 5.41. The van der Waals surface area contributed by atoms with Crippen molar-refractivity contribution in [3.8, 4) is 0 Å². The van der Waals surface area contributed by atoms with Crippen LogP contribution in [0, 0.1) is 0 Å². The third-order valence-corrected chi connectivity index (χ3v) is 3.64. The second-order valence-electron chi connectivity index (χ2n) is 5.49. The first kappa shape index (κ1) is 16.2. The van der Waals surface area contributed by atoms with E-state index < -0.39 is 0 Å². The van der Waals surface area contributed by atoms with Gasteiger partial charge in [-0.2, -0.15) is 0 Å². The first-order chi connectivity index (χ1) is 8.49. The van der Waals surface area contributed by atoms with E-state index in [-0.39, 0.29) is 35.5 Å². The fourth-order valence-electron chi connectivity index (χ4n) is 2.40. The lowest BCUT2D eigenvalue weighted by atomic mass is 9.94. The van der Waals surface area contributed by atoms with Crippen LogP contribution in [-0.4, -0.2) is 29.5 Å². The molecule has 0 fully saturated rings. The monoisotopic (exact) mass is 374 g/mol. The molecular weight excluding hydrogens is 351 g/mol. The third kappa shape index (κ3) is 4.07. The lowest BCUT2D eigenvalue weighted by Gasteiger charge is -2.40. The van der Waals surface area contributed by atoms with Crippen LogP contribution >= 0.6 is 24.0 Å². The fraction of sp³-hybridized carbons (Fsp3) is 0.500. The number of aliphatic imine (C=N–C) groups is 1. The van der Waals surface area contributed by atoms with E-state index in [9.17, 15) is 0 Å². The normalized spacial score (nSPS) is 15.3. The summed E-state index contributed by atoms with van der Waals surface area (Å²) in [6.07, 6.45) is 1.10. The van der Waals surface area contributed by atoms with Crippen LogP contribution in [0.15, 0.2) is 29.3 Å². The van der Waals surface area contributed by atoms with E-state index in [0.717, 1.165) is 19.5 Å². The molecule has 0 amide bonds. The van der Waals surface area contributed by atoms with Crippen molar-refractivity contribution in [1.29, 1.82) is 0 Å². The van der Waals surface area contributed by atoms with Crippen LogP contribution in [0.5, 0.6) is 0 Å². The summed E-state index contributed by atoms with van der Waals surface area (Å²) < 4.78 is 0. The summed E-state index contributed by atoms with van der Waals surface area (Å²) in [6.45, 7) is 7.05. The molecule has 0 aromatic heterocycles. The van der Waals surface area contributed by atoms with Crippen LogP contribution in [0.2, 0.25) is 0 Å². The Morgan fingerprint density at radius 2 is 1.89 bits per heavy atom. The Morgan fingerprint density at radius 1 is 1.26 bits per heavy atom. The van der Waals surface area contributed by atoms with Gasteiger partial charge in [0.25, 0.3) is 0 Å². The van der Waals surface area contributed by atoms with E-state index in [4.69, 9.17) is 11.5 Å². The summed E-state index contributed by atoms with van der Waals surface area (Å²) in [5.41, 5.74) is 13.7. The van der Waals surface area contributed by atoms with E-state index in [1.54, 1.807) is 0 Å². The van der Waals surface area contributed by atoms with E-state index in [2.05, 4.69) is 48.0 Å². The Labute approximate surface area is 132 Å². The molecule has 0 spiro atoms. The van der Waals surface area contributed by atoms with Crippen molar-refractivity contribution in [2.75, 3.05) is 13.1 Å². The van der Waals surface area contributed by atoms with Crippen molar-refractivity contribution in [2.24, 2.45) is 16.5 Å². The number of fused-ring (bicyclic) bond motifs is 1. The molecule has 19 heavy (non-hydrogen) atoms. The molecule has 1 aromatic rings. The summed E-state index contributed by atoms with van der Waals surface area (Å²) in [5, 5.41) is 0. The number of benzene rings is 1. The van der Waals surface area contributed by atoms with Gasteiger partial charge >= 0.3 is 0 Å². The number of hydrogen-bond acceptors (Lipinski definition) is 2. The topological polar surface area (TPSA) is 67.6 Å². The van der Waals surface area contributed by atoms with Crippen LogP contribution < -0.4 is 11.5 Å². The van der Waals surface area contributed by atoms with Crippen LogP contribution in [0.3, 0.4) is 0 Å². The summed E-state index contributed by atoms with van der Waals surface area (Å²) >= 11 is 0. The van der Waals surface area contributed by atoms with Crippen molar-refractivity contribution < 1.29 is 0 Å². The third-order valence-electron chi connectivity index (χ3n) is 3.64. The number of halogens is 1. The number of hydrogen-bond donors (Lipinski definition) is 2. The zero-order valence-electron chi connectivity index (χ0n) is 11.6. The van der Waals surface area contributed by atoms with Gasteiger partial charge in [0, 0.05) is 18.6 Å². The molecule has 0 atom stereocenters. The number of rotatable bonds is 3. The highest BCUT2D eigenvalue weighted by Gasteiger charge is 2.29. The first-order valence-corrected chi connectivity index (χ1v) is 6.36. The average molecular weight is 374 g/mol. The zero-order chi connectivity index (χ0) is 13.2. The van der Waals surface area contributed by atoms with Gasteiger partial charge in [-0.15, -0.1) is 24.0 Å². The van der Waals surface area contributed by atoms with Crippen LogP contribution in [-0.2, 0) is 13.0 Å². The molecule has 4 N–H and O–H groups in total. The molecule has 1 aliphatic heterocycles. The highest BCUT2D eigenvalue weighted by atomic mass is 127. The quantitative estimate of drug-likeness (QED) is 0.481. The van der Waals surface area contributed by atoms with Gasteiger partial charge in [0.1, 0.15) is 0 Å². The molecule has 1 aromatic carbocycles. The Bertz CT molecular complexity index is 453. The SMILES string of the molecule is CC(C)(CN=C(N)N)N1CCc2ccccc2C1.I. The lowest BCUT2D eigenvalue weighted by Crippen LogP contribution is -2.49. The maximum atomic E-state index is 5.41. The van der Waals surface area contributed by atoms with Crippen LogP contribution in [0.1, 0.15) is 25.0 Å². The molecule has 106 valence electrons. The van der Waals surface area contributed by atoms with E-state index in [0.29, 0.717) is 6.54 Å². The molecule has 0 radical (unpaired) electrons. The minimum absolute atomic E-state index is 0. The van der Waals surface area contributed by atoms with Crippen LogP contribution in [0.4, 0.5) is 0 Å². The predicted molar refractivity (Wildman–Crippen MR) is 90.7 cm³/mol. The van der Waals surface area contributed by atoms with Gasteiger partial charge in [-0.3, -0.25) is 9.89 Å². The van der Waals surface area contributed by atoms with Gasteiger partial charge < -0.3 is 11.5 Å². The van der Waals surface area contributed by atoms with E-state index in [1.807, 2.05) is 0 Å². The second-order valence-corrected chi connectivity index (χ2v) is 5.49. The molecule has 2 rings (SSSR count). The summed E-state index contributed by atoms with van der Waals surface area (Å²) in [5.74, 6) is 0.167. The smallest absolute Gasteiger partial charge is 0.185 e. The fourth-order valence-corrected chi connectivity index (χ4v) is 2.40. The Hall–Kier alpha value is -0.820. The largest absolute Gasteiger partial charge is 0.370 e. The Morgan fingerprint density at radius 3 is 2.53 bits per heavy atom. The summed E-state index contributed by atoms with van der Waals surface area (Å²) in [7, 11) is 0. The Balaban J connectivity index is 0.00000180. The molecule has 0 aliphatic carbocycles. The average Bonchev–Trinajstić information content (AvgIpc) is 2.36. The maximum Gasteiger partial charge on any atom is 0.185 e. The molecule has 1 heterocycles. The zero-order valence-corrected chi connectivity index (χ0v) is 13.9. The molecule has 0 unspecified atom stereocenters. The molecule has 0 saturated carbocycles. The number of nitrogens with zero attached hydrogens (tertiary/aromatic N) is 2. The van der Waals surface area contributed by atoms with Gasteiger partial charge in [0.05, 0.1) is 6.54 Å². The highest BCUT2D eigenvalue weighted by Crippen LogP contribution is 2.25.